The summed E-state index contributed by atoms with van der Waals surface area (Å²) in [5, 5.41) is 0. The minimum absolute atomic E-state index is 0.106. The number of carbonyl (C=O) groups excluding carboxylic acids is 1. The molecule has 3 heteroatoms. The Hall–Kier alpha value is -1.67. The van der Waals surface area contributed by atoms with E-state index in [1.807, 2.05) is 59.4 Å². The molecule has 0 atom stereocenters. The molecule has 0 saturated heterocycles. The maximum absolute atomic E-state index is 11.9. The highest BCUT2D eigenvalue weighted by atomic mass is 35.5. The lowest BCUT2D eigenvalue weighted by atomic mass is 10.1. The highest BCUT2D eigenvalue weighted by Gasteiger charge is 2.10. The number of ketones is 1. The van der Waals surface area contributed by atoms with Crippen LogP contribution in [0.15, 0.2) is 54.9 Å². The summed E-state index contributed by atoms with van der Waals surface area (Å²) < 4.78 is 1.85. The predicted molar refractivity (Wildman–Crippen MR) is 67.0 cm³/mol. The largest absolute Gasteiger partial charge is 0.287 e. The third kappa shape index (κ3) is 3.14. The number of alkyl halides is 1. The van der Waals surface area contributed by atoms with Crippen molar-refractivity contribution in [1.29, 1.82) is 0 Å². The monoisotopic (exact) mass is 246 g/mol. The first-order chi connectivity index (χ1) is 8.29. The molecule has 1 aromatic carbocycles. The normalized spacial score (nSPS) is 10.2. The maximum Gasteiger partial charge on any atom is 0.227 e. The van der Waals surface area contributed by atoms with Crippen LogP contribution in [-0.2, 0) is 12.4 Å². The molecule has 0 saturated carbocycles. The average Bonchev–Trinajstić information content (AvgIpc) is 2.40. The van der Waals surface area contributed by atoms with Gasteiger partial charge in [0.05, 0.1) is 0 Å². The molecular weight excluding hydrogens is 234 g/mol. The van der Waals surface area contributed by atoms with Crippen molar-refractivity contribution in [2.75, 3.05) is 0 Å². The Balaban J connectivity index is 2.08. The first-order valence-electron chi connectivity index (χ1n) is 5.42. The smallest absolute Gasteiger partial charge is 0.227 e. The molecule has 0 radical (unpaired) electrons. The second-order valence-corrected chi connectivity index (χ2v) is 4.07. The molecule has 0 amide bonds. The Morgan fingerprint density at radius 1 is 1.06 bits per heavy atom. The second-order valence-electron chi connectivity index (χ2n) is 3.80. The number of hydrogen-bond acceptors (Lipinski definition) is 1. The van der Waals surface area contributed by atoms with Crippen LogP contribution in [0, 0.1) is 0 Å². The van der Waals surface area contributed by atoms with E-state index in [0.29, 0.717) is 12.4 Å². The van der Waals surface area contributed by atoms with Gasteiger partial charge in [0.25, 0.3) is 0 Å². The van der Waals surface area contributed by atoms with Gasteiger partial charge in [-0.15, -0.1) is 11.6 Å². The van der Waals surface area contributed by atoms with Crippen LogP contribution in [0.3, 0.4) is 0 Å². The van der Waals surface area contributed by atoms with Crippen LogP contribution >= 0.6 is 11.6 Å². The van der Waals surface area contributed by atoms with Crippen molar-refractivity contribution in [3.63, 3.8) is 0 Å². The lowest BCUT2D eigenvalue weighted by Crippen LogP contribution is -2.37. The van der Waals surface area contributed by atoms with Gasteiger partial charge in [0.2, 0.25) is 12.3 Å². The molecule has 0 N–H and O–H groups in total. The van der Waals surface area contributed by atoms with E-state index in [-0.39, 0.29) is 5.78 Å². The zero-order chi connectivity index (χ0) is 12.1. The average molecular weight is 247 g/mol. The van der Waals surface area contributed by atoms with Gasteiger partial charge >= 0.3 is 0 Å². The third-order valence-corrected chi connectivity index (χ3v) is 2.85. The highest BCUT2D eigenvalue weighted by molar-refractivity contribution is 6.17. The molecule has 1 aromatic heterocycles. The van der Waals surface area contributed by atoms with E-state index < -0.39 is 0 Å². The number of rotatable bonds is 4. The van der Waals surface area contributed by atoms with Gasteiger partial charge in [0, 0.05) is 23.6 Å². The summed E-state index contributed by atoms with van der Waals surface area (Å²) in [4.78, 5) is 11.9. The van der Waals surface area contributed by atoms with Gasteiger partial charge in [-0.3, -0.25) is 4.79 Å². The first-order valence-corrected chi connectivity index (χ1v) is 5.95. The van der Waals surface area contributed by atoms with E-state index in [2.05, 4.69) is 0 Å². The lowest BCUT2D eigenvalue weighted by molar-refractivity contribution is -0.683. The maximum atomic E-state index is 11.9. The van der Waals surface area contributed by atoms with Crippen LogP contribution in [-0.4, -0.2) is 5.78 Å². The second kappa shape index (κ2) is 5.60. The molecule has 2 aromatic rings. The van der Waals surface area contributed by atoms with E-state index in [9.17, 15) is 4.79 Å². The van der Waals surface area contributed by atoms with Crippen LogP contribution in [0.4, 0.5) is 0 Å². The molecule has 0 aliphatic carbocycles. The number of aromatic nitrogens is 1. The molecule has 0 spiro atoms. The highest BCUT2D eigenvalue weighted by Crippen LogP contribution is 2.01. The van der Waals surface area contributed by atoms with E-state index in [4.69, 9.17) is 11.6 Å². The summed E-state index contributed by atoms with van der Waals surface area (Å²) in [7, 11) is 0. The fourth-order valence-corrected chi connectivity index (χ4v) is 1.74. The molecule has 17 heavy (non-hydrogen) atoms. The van der Waals surface area contributed by atoms with Crippen molar-refractivity contribution in [3.05, 3.63) is 66.0 Å². The summed E-state index contributed by atoms with van der Waals surface area (Å²) in [6.07, 6.45) is 3.75. The number of benzene rings is 1. The minimum atomic E-state index is 0.106. The standard InChI is InChI=1S/C14H13ClNO/c15-10-12-6-8-16(9-7-12)11-14(17)13-4-2-1-3-5-13/h1-9H,10-11H2/q+1. The Kier molecular flexibility index (Phi) is 3.89. The molecule has 0 bridgehead atoms. The van der Waals surface area contributed by atoms with Crippen LogP contribution in [0.1, 0.15) is 15.9 Å². The first kappa shape index (κ1) is 11.8. The van der Waals surface area contributed by atoms with Gasteiger partial charge in [-0.25, -0.2) is 0 Å². The van der Waals surface area contributed by atoms with Crippen molar-refractivity contribution < 1.29 is 9.36 Å². The van der Waals surface area contributed by atoms with E-state index in [1.165, 1.54) is 0 Å². The zero-order valence-electron chi connectivity index (χ0n) is 9.34. The van der Waals surface area contributed by atoms with Crippen LogP contribution < -0.4 is 4.57 Å². The molecule has 0 unspecified atom stereocenters. The van der Waals surface area contributed by atoms with Gasteiger partial charge in [-0.1, -0.05) is 30.3 Å². The number of carbonyl (C=O) groups is 1. The Morgan fingerprint density at radius 2 is 1.71 bits per heavy atom. The van der Waals surface area contributed by atoms with Crippen LogP contribution in [0.2, 0.25) is 0 Å². The van der Waals surface area contributed by atoms with Crippen LogP contribution in [0.25, 0.3) is 0 Å². The molecule has 0 aliphatic rings. The summed E-state index contributed by atoms with van der Waals surface area (Å²) >= 11 is 5.70. The van der Waals surface area contributed by atoms with E-state index >= 15 is 0 Å². The summed E-state index contributed by atoms with van der Waals surface area (Å²) in [5.74, 6) is 0.599. The van der Waals surface area contributed by atoms with Gasteiger partial charge in [0.1, 0.15) is 0 Å². The molecule has 2 nitrogen and oxygen atoms in total. The number of hydrogen-bond donors (Lipinski definition) is 0. The molecular formula is C14H13ClNO+. The third-order valence-electron chi connectivity index (χ3n) is 2.54. The minimum Gasteiger partial charge on any atom is -0.287 e. The van der Waals surface area contributed by atoms with E-state index in [0.717, 1.165) is 11.1 Å². The number of Topliss-reactive ketones (excluding diaryl/α,β-unsaturated/α-hetero) is 1. The molecule has 0 fully saturated rings. The predicted octanol–water partition coefficient (Wildman–Crippen LogP) is 2.60. The molecule has 2 rings (SSSR count). The fraction of sp³-hybridized carbons (Fsp3) is 0.143. The zero-order valence-corrected chi connectivity index (χ0v) is 10.1. The van der Waals surface area contributed by atoms with E-state index in [1.54, 1.807) is 0 Å². The summed E-state index contributed by atoms with van der Waals surface area (Å²) in [5.41, 5.74) is 1.79. The van der Waals surface area contributed by atoms with Gasteiger partial charge in [-0.05, 0) is 5.56 Å². The van der Waals surface area contributed by atoms with Crippen LogP contribution in [0.5, 0.6) is 0 Å². The fourth-order valence-electron chi connectivity index (χ4n) is 1.56. The quantitative estimate of drug-likeness (QED) is 0.462. The summed E-state index contributed by atoms with van der Waals surface area (Å²) in [6.45, 7) is 0.354. The Bertz CT molecular complexity index is 493. The van der Waals surface area contributed by atoms with Crippen molar-refractivity contribution in [1.82, 2.24) is 0 Å². The molecule has 86 valence electrons. The van der Waals surface area contributed by atoms with Gasteiger partial charge in [0.15, 0.2) is 12.4 Å². The van der Waals surface area contributed by atoms with Crippen molar-refractivity contribution in [3.8, 4) is 0 Å². The molecule has 0 aliphatic heterocycles. The van der Waals surface area contributed by atoms with Crippen molar-refractivity contribution in [2.24, 2.45) is 0 Å². The SMILES string of the molecule is O=C(C[n+]1ccc(CCl)cc1)c1ccccc1. The molecule has 1 heterocycles. The Labute approximate surface area is 105 Å². The van der Waals surface area contributed by atoms with Gasteiger partial charge < -0.3 is 0 Å². The van der Waals surface area contributed by atoms with Crippen molar-refractivity contribution >= 4 is 17.4 Å². The lowest BCUT2D eigenvalue weighted by Gasteiger charge is -1.98. The number of nitrogens with zero attached hydrogens (tertiary/aromatic N) is 1. The summed E-state index contributed by atoms with van der Waals surface area (Å²) in [6, 6.07) is 13.1. The Morgan fingerprint density at radius 3 is 2.29 bits per heavy atom. The van der Waals surface area contributed by atoms with Gasteiger partial charge in [-0.2, -0.15) is 4.57 Å². The number of halogens is 1. The topological polar surface area (TPSA) is 20.9 Å². The van der Waals surface area contributed by atoms with Crippen molar-refractivity contribution in [2.45, 2.75) is 12.4 Å². The number of pyridine rings is 1.